The van der Waals surface area contributed by atoms with E-state index in [0.29, 0.717) is 36.9 Å². The summed E-state index contributed by atoms with van der Waals surface area (Å²) < 4.78 is 12.4. The van der Waals surface area contributed by atoms with Crippen molar-refractivity contribution in [2.24, 2.45) is 17.8 Å². The number of hydrogen-bond acceptors (Lipinski definition) is 7. The van der Waals surface area contributed by atoms with Gasteiger partial charge in [-0.2, -0.15) is 0 Å². The molecule has 8 nitrogen and oxygen atoms in total. The van der Waals surface area contributed by atoms with Gasteiger partial charge in [0.05, 0.1) is 32.0 Å². The van der Waals surface area contributed by atoms with Gasteiger partial charge in [-0.15, -0.1) is 0 Å². The lowest BCUT2D eigenvalue weighted by molar-refractivity contribution is -0.0602. The lowest BCUT2D eigenvalue weighted by atomic mass is 9.79. The Hall–Kier alpha value is -3.77. The molecule has 3 aromatic rings. The highest BCUT2D eigenvalue weighted by Gasteiger charge is 2.37. The van der Waals surface area contributed by atoms with E-state index < -0.39 is 6.10 Å². The van der Waals surface area contributed by atoms with Crippen LogP contribution in [0.15, 0.2) is 67.0 Å². The van der Waals surface area contributed by atoms with Gasteiger partial charge < -0.3 is 35.5 Å². The number of phenols is 1. The number of aromatic hydroxyl groups is 1. The first-order valence-corrected chi connectivity index (χ1v) is 16.8. The van der Waals surface area contributed by atoms with E-state index >= 15 is 0 Å². The summed E-state index contributed by atoms with van der Waals surface area (Å²) in [5.41, 5.74) is 9.18. The lowest BCUT2D eigenvalue weighted by Gasteiger charge is -2.34. The smallest absolute Gasteiger partial charge is 0.161 e. The van der Waals surface area contributed by atoms with Crippen molar-refractivity contribution in [2.75, 3.05) is 25.6 Å². The van der Waals surface area contributed by atoms with Crippen LogP contribution in [0.5, 0.6) is 11.5 Å². The van der Waals surface area contributed by atoms with Crippen molar-refractivity contribution < 1.29 is 24.8 Å². The monoisotopic (exact) mass is 627 g/mol. The number of pyridine rings is 1. The Balaban J connectivity index is 1.33. The summed E-state index contributed by atoms with van der Waals surface area (Å²) in [6.07, 6.45) is 14.1. The molecule has 46 heavy (non-hydrogen) atoms. The van der Waals surface area contributed by atoms with Crippen LogP contribution in [0, 0.1) is 29.6 Å². The number of ether oxygens (including phenoxy) is 2. The number of nitrogens with two attached hydrogens (primary N) is 1. The van der Waals surface area contributed by atoms with E-state index in [1.165, 1.54) is 0 Å². The number of aromatic amines is 1. The summed E-state index contributed by atoms with van der Waals surface area (Å²) >= 11 is 0. The molecular formula is C38H49N3O5. The summed E-state index contributed by atoms with van der Waals surface area (Å²) in [4.78, 5) is 7.44. The zero-order valence-corrected chi connectivity index (χ0v) is 26.9. The molecule has 0 radical (unpaired) electrons. The number of aromatic nitrogens is 2. The van der Waals surface area contributed by atoms with Gasteiger partial charge in [-0.05, 0) is 92.0 Å². The molecule has 6 N–H and O–H groups in total. The molecule has 2 heterocycles. The molecule has 0 aliphatic heterocycles. The summed E-state index contributed by atoms with van der Waals surface area (Å²) in [6, 6.07) is 13.4. The number of aliphatic hydroxyl groups is 2. The van der Waals surface area contributed by atoms with Crippen molar-refractivity contribution in [3.63, 3.8) is 0 Å². The summed E-state index contributed by atoms with van der Waals surface area (Å²) in [6.45, 7) is 2.78. The van der Waals surface area contributed by atoms with Gasteiger partial charge in [-0.25, -0.2) is 4.98 Å². The number of H-pyrrole nitrogens is 1. The van der Waals surface area contributed by atoms with Gasteiger partial charge in [0, 0.05) is 41.8 Å². The Morgan fingerprint density at radius 1 is 1.09 bits per heavy atom. The van der Waals surface area contributed by atoms with Crippen molar-refractivity contribution in [1.29, 1.82) is 0 Å². The van der Waals surface area contributed by atoms with Crippen LogP contribution in [0.2, 0.25) is 0 Å². The third-order valence-electron chi connectivity index (χ3n) is 9.54. The average Bonchev–Trinajstić information content (AvgIpc) is 3.52. The predicted molar refractivity (Wildman–Crippen MR) is 180 cm³/mol. The first-order chi connectivity index (χ1) is 22.4. The van der Waals surface area contributed by atoms with E-state index in [1.54, 1.807) is 12.3 Å². The SMILES string of the molecule is CCC1C#CC2C=CC(c3ccc(O)c(OCCC(Cc4ccc[nH]4)c4ccnc(N)c4)c3)CC(O)C2C(OCCO)CCCC1. The first-order valence-electron chi connectivity index (χ1n) is 16.8. The van der Waals surface area contributed by atoms with Crippen molar-refractivity contribution in [2.45, 2.75) is 82.3 Å². The van der Waals surface area contributed by atoms with E-state index in [2.05, 4.69) is 47.0 Å². The van der Waals surface area contributed by atoms with Gasteiger partial charge in [0.25, 0.3) is 0 Å². The number of nitrogens with zero attached hydrogens (tertiary/aromatic N) is 1. The molecule has 0 fully saturated rings. The minimum atomic E-state index is -0.651. The Kier molecular flexibility index (Phi) is 12.2. The molecular weight excluding hydrogens is 578 g/mol. The van der Waals surface area contributed by atoms with E-state index in [1.807, 2.05) is 36.5 Å². The van der Waals surface area contributed by atoms with Crippen LogP contribution in [0.4, 0.5) is 5.82 Å². The Labute approximate surface area is 273 Å². The van der Waals surface area contributed by atoms with E-state index in [9.17, 15) is 15.3 Å². The second-order valence-electron chi connectivity index (χ2n) is 12.7. The number of phenolic OH excluding ortho intramolecular Hbond substituents is 1. The van der Waals surface area contributed by atoms with Crippen molar-refractivity contribution in [3.8, 4) is 23.3 Å². The largest absolute Gasteiger partial charge is 0.504 e. The number of aliphatic hydroxyl groups excluding tert-OH is 2. The number of anilines is 1. The fraction of sp³-hybridized carbons (Fsp3) is 0.500. The maximum atomic E-state index is 11.7. The normalized spacial score (nSPS) is 25.5. The fourth-order valence-electron chi connectivity index (χ4n) is 6.96. The number of benzene rings is 1. The molecule has 2 aliphatic carbocycles. The molecule has 0 bridgehead atoms. The van der Waals surface area contributed by atoms with Crippen molar-refractivity contribution in [3.05, 3.63) is 83.8 Å². The van der Waals surface area contributed by atoms with Crippen LogP contribution in [0.1, 0.15) is 80.5 Å². The third-order valence-corrected chi connectivity index (χ3v) is 9.54. The van der Waals surface area contributed by atoms with Crippen LogP contribution in [-0.2, 0) is 11.2 Å². The molecule has 1 aromatic carbocycles. The molecule has 5 rings (SSSR count). The van der Waals surface area contributed by atoms with Gasteiger partial charge in [-0.3, -0.25) is 0 Å². The average molecular weight is 628 g/mol. The Morgan fingerprint density at radius 2 is 1.96 bits per heavy atom. The van der Waals surface area contributed by atoms with Crippen molar-refractivity contribution in [1.82, 2.24) is 9.97 Å². The number of nitrogens with one attached hydrogen (secondary N) is 1. The molecule has 246 valence electrons. The first kappa shape index (κ1) is 33.6. The van der Waals surface area contributed by atoms with Crippen LogP contribution >= 0.6 is 0 Å². The molecule has 0 amide bonds. The fourth-order valence-corrected chi connectivity index (χ4v) is 6.96. The zero-order valence-electron chi connectivity index (χ0n) is 26.9. The predicted octanol–water partition coefficient (Wildman–Crippen LogP) is 6.11. The molecule has 2 aromatic heterocycles. The number of hydrogen-bond donors (Lipinski definition) is 5. The van der Waals surface area contributed by atoms with Gasteiger partial charge >= 0.3 is 0 Å². The number of allylic oxidation sites excluding steroid dienone is 2. The molecule has 0 saturated heterocycles. The second-order valence-corrected chi connectivity index (χ2v) is 12.7. The molecule has 8 heteroatoms. The highest BCUT2D eigenvalue weighted by Crippen LogP contribution is 2.39. The van der Waals surface area contributed by atoms with Crippen LogP contribution in [0.25, 0.3) is 0 Å². The van der Waals surface area contributed by atoms with E-state index in [0.717, 1.165) is 55.3 Å². The minimum absolute atomic E-state index is 0.0500. The maximum Gasteiger partial charge on any atom is 0.161 e. The molecule has 7 atom stereocenters. The number of nitrogen functional groups attached to an aromatic ring is 1. The quantitative estimate of drug-likeness (QED) is 0.121. The molecule has 0 saturated carbocycles. The zero-order chi connectivity index (χ0) is 32.3. The van der Waals surface area contributed by atoms with Crippen LogP contribution < -0.4 is 10.5 Å². The summed E-state index contributed by atoms with van der Waals surface area (Å²) in [5.74, 6) is 8.09. The summed E-state index contributed by atoms with van der Waals surface area (Å²) in [5, 5.41) is 31.9. The lowest BCUT2D eigenvalue weighted by Crippen LogP contribution is -2.39. The maximum absolute atomic E-state index is 11.7. The van der Waals surface area contributed by atoms with Crippen LogP contribution in [0.3, 0.4) is 0 Å². The Morgan fingerprint density at radius 3 is 2.74 bits per heavy atom. The van der Waals surface area contributed by atoms with Crippen LogP contribution in [-0.4, -0.2) is 57.3 Å². The number of fused-ring (bicyclic) bond motifs is 1. The van der Waals surface area contributed by atoms with Crippen molar-refractivity contribution >= 4 is 5.82 Å². The highest BCUT2D eigenvalue weighted by atomic mass is 16.5. The minimum Gasteiger partial charge on any atom is -0.504 e. The highest BCUT2D eigenvalue weighted by molar-refractivity contribution is 5.44. The van der Waals surface area contributed by atoms with Gasteiger partial charge in [0.15, 0.2) is 11.5 Å². The van der Waals surface area contributed by atoms with Gasteiger partial charge in [-0.1, -0.05) is 49.8 Å². The summed E-state index contributed by atoms with van der Waals surface area (Å²) in [7, 11) is 0. The molecule has 2 aliphatic rings. The standard InChI is InChI=1S/C38H49N3O5/c1-2-26-6-3-4-8-35(46-21-19-42)38-27(10-9-26)11-12-28(23-34(38)44)29-13-14-33(43)36(24-29)45-20-16-31(22-32-7-5-17-40-32)30-15-18-41-37(39)25-30/h5,7,11-15,17-18,24-28,31,34-35,38,40,42-44H,2-4,6,8,16,19-23H2,1H3,(H2,39,41). The van der Waals surface area contributed by atoms with E-state index in [-0.39, 0.29) is 48.7 Å². The second kappa shape index (κ2) is 16.7. The topological polar surface area (TPSA) is 134 Å². The van der Waals surface area contributed by atoms with Gasteiger partial charge in [0.1, 0.15) is 5.82 Å². The third kappa shape index (κ3) is 8.94. The van der Waals surface area contributed by atoms with E-state index in [4.69, 9.17) is 15.2 Å². The van der Waals surface area contributed by atoms with Gasteiger partial charge in [0.2, 0.25) is 0 Å². The molecule has 7 unspecified atom stereocenters. The number of rotatable bonds is 12. The Bertz CT molecular complexity index is 1460. The molecule has 0 spiro atoms.